The molecule has 72 valence electrons. The minimum absolute atomic E-state index is 0.170. The fraction of sp³-hybridized carbons (Fsp3) is 0.111. The second kappa shape index (κ2) is 4.06. The van der Waals surface area contributed by atoms with Gasteiger partial charge in [-0.05, 0) is 12.1 Å². The maximum atomic E-state index is 11.4. The molecule has 0 atom stereocenters. The van der Waals surface area contributed by atoms with Gasteiger partial charge in [0.1, 0.15) is 5.76 Å². The van der Waals surface area contributed by atoms with Crippen molar-refractivity contribution in [3.63, 3.8) is 0 Å². The minimum Gasteiger partial charge on any atom is -0.467 e. The molecule has 0 aliphatic carbocycles. The zero-order valence-corrected chi connectivity index (χ0v) is 8.08. The van der Waals surface area contributed by atoms with Crippen LogP contribution in [0, 0.1) is 0 Å². The van der Waals surface area contributed by atoms with Crippen molar-refractivity contribution < 1.29 is 9.21 Å². The van der Waals surface area contributed by atoms with Crippen molar-refractivity contribution in [2.45, 2.75) is 6.54 Å². The minimum atomic E-state index is -0.170. The highest BCUT2D eigenvalue weighted by atomic mass is 32.1. The molecule has 5 heteroatoms. The van der Waals surface area contributed by atoms with Crippen molar-refractivity contribution in [3.05, 3.63) is 40.7 Å². The number of nitrogens with one attached hydrogen (secondary N) is 1. The van der Waals surface area contributed by atoms with Crippen molar-refractivity contribution in [1.82, 2.24) is 10.3 Å². The average Bonchev–Trinajstić information content (AvgIpc) is 2.87. The van der Waals surface area contributed by atoms with Gasteiger partial charge in [-0.3, -0.25) is 4.79 Å². The fourth-order valence-electron chi connectivity index (χ4n) is 0.992. The van der Waals surface area contributed by atoms with E-state index >= 15 is 0 Å². The molecule has 1 amide bonds. The van der Waals surface area contributed by atoms with Crippen molar-refractivity contribution in [3.8, 4) is 0 Å². The molecule has 2 heterocycles. The first-order chi connectivity index (χ1) is 6.86. The molecule has 0 aliphatic rings. The van der Waals surface area contributed by atoms with Crippen LogP contribution < -0.4 is 5.32 Å². The third kappa shape index (κ3) is 2.00. The molecule has 1 N–H and O–H groups in total. The van der Waals surface area contributed by atoms with Crippen molar-refractivity contribution in [1.29, 1.82) is 0 Å². The first kappa shape index (κ1) is 8.96. The quantitative estimate of drug-likeness (QED) is 0.834. The predicted octanol–water partition coefficient (Wildman–Crippen LogP) is 1.67. The van der Waals surface area contributed by atoms with Gasteiger partial charge < -0.3 is 9.73 Å². The van der Waals surface area contributed by atoms with E-state index in [1.165, 1.54) is 11.3 Å². The van der Waals surface area contributed by atoms with E-state index in [9.17, 15) is 4.79 Å². The van der Waals surface area contributed by atoms with Gasteiger partial charge in [-0.15, -0.1) is 11.3 Å². The predicted molar refractivity (Wildman–Crippen MR) is 52.0 cm³/mol. The van der Waals surface area contributed by atoms with Crippen LogP contribution >= 0.6 is 11.3 Å². The third-order valence-corrected chi connectivity index (χ3v) is 2.40. The lowest BCUT2D eigenvalue weighted by atomic mass is 10.4. The molecular formula is C9H8N2O2S. The Morgan fingerprint density at radius 2 is 2.57 bits per heavy atom. The molecule has 0 fully saturated rings. The Morgan fingerprint density at radius 3 is 3.21 bits per heavy atom. The Bertz CT molecular complexity index is 394. The zero-order valence-electron chi connectivity index (χ0n) is 7.27. The van der Waals surface area contributed by atoms with Gasteiger partial charge in [-0.1, -0.05) is 0 Å². The highest BCUT2D eigenvalue weighted by Crippen LogP contribution is 2.04. The molecule has 2 rings (SSSR count). The first-order valence-corrected chi connectivity index (χ1v) is 4.94. The number of rotatable bonds is 3. The summed E-state index contributed by atoms with van der Waals surface area (Å²) < 4.78 is 5.07. The van der Waals surface area contributed by atoms with Crippen LogP contribution in [0.4, 0.5) is 0 Å². The fourth-order valence-corrected chi connectivity index (χ4v) is 1.54. The van der Waals surface area contributed by atoms with Gasteiger partial charge in [0.2, 0.25) is 0 Å². The number of nitrogens with zero attached hydrogens (tertiary/aromatic N) is 1. The molecule has 0 bridgehead atoms. The standard InChI is InChI=1S/C9H8N2O2S/c12-8(9-10-3-5-14-9)11-6-7-2-1-4-13-7/h1-5H,6H2,(H,11,12). The van der Waals surface area contributed by atoms with Gasteiger partial charge in [0.15, 0.2) is 5.01 Å². The maximum absolute atomic E-state index is 11.4. The number of carbonyl (C=O) groups is 1. The topological polar surface area (TPSA) is 55.1 Å². The molecule has 0 spiro atoms. The van der Waals surface area contributed by atoms with Crippen LogP contribution in [0.1, 0.15) is 15.6 Å². The van der Waals surface area contributed by atoms with E-state index in [4.69, 9.17) is 4.42 Å². The van der Waals surface area contributed by atoms with E-state index in [1.54, 1.807) is 23.9 Å². The Labute approximate surface area is 84.6 Å². The molecular weight excluding hydrogens is 200 g/mol. The van der Waals surface area contributed by atoms with Crippen LogP contribution in [-0.2, 0) is 6.54 Å². The second-order valence-electron chi connectivity index (χ2n) is 2.60. The molecule has 14 heavy (non-hydrogen) atoms. The number of hydrogen-bond donors (Lipinski definition) is 1. The van der Waals surface area contributed by atoms with E-state index in [0.717, 1.165) is 5.76 Å². The third-order valence-electron chi connectivity index (χ3n) is 1.63. The molecule has 0 unspecified atom stereocenters. The zero-order chi connectivity index (χ0) is 9.80. The van der Waals surface area contributed by atoms with E-state index in [1.807, 2.05) is 6.07 Å². The van der Waals surface area contributed by atoms with Crippen molar-refractivity contribution >= 4 is 17.2 Å². The number of hydrogen-bond acceptors (Lipinski definition) is 4. The normalized spacial score (nSPS) is 10.0. The summed E-state index contributed by atoms with van der Waals surface area (Å²) in [7, 11) is 0. The lowest BCUT2D eigenvalue weighted by molar-refractivity contribution is 0.0947. The van der Waals surface area contributed by atoms with Gasteiger partial charge in [-0.2, -0.15) is 0 Å². The Kier molecular flexibility index (Phi) is 2.60. The van der Waals surface area contributed by atoms with Gasteiger partial charge in [0.25, 0.3) is 5.91 Å². The summed E-state index contributed by atoms with van der Waals surface area (Å²) in [6.07, 6.45) is 3.18. The Morgan fingerprint density at radius 1 is 1.64 bits per heavy atom. The van der Waals surface area contributed by atoms with Gasteiger partial charge in [0, 0.05) is 11.6 Å². The number of carbonyl (C=O) groups excluding carboxylic acids is 1. The Balaban J connectivity index is 1.90. The van der Waals surface area contributed by atoms with E-state index < -0.39 is 0 Å². The maximum Gasteiger partial charge on any atom is 0.280 e. The number of aromatic nitrogens is 1. The molecule has 0 saturated carbocycles. The van der Waals surface area contributed by atoms with Crippen LogP contribution in [0.25, 0.3) is 0 Å². The monoisotopic (exact) mass is 208 g/mol. The number of furan rings is 1. The molecule has 0 aliphatic heterocycles. The average molecular weight is 208 g/mol. The van der Waals surface area contributed by atoms with Crippen LogP contribution in [0.5, 0.6) is 0 Å². The summed E-state index contributed by atoms with van der Waals surface area (Å²) in [5.41, 5.74) is 0. The van der Waals surface area contributed by atoms with Crippen LogP contribution in [0.3, 0.4) is 0 Å². The molecule has 4 nitrogen and oxygen atoms in total. The van der Waals surface area contributed by atoms with Crippen molar-refractivity contribution in [2.24, 2.45) is 0 Å². The highest BCUT2D eigenvalue weighted by molar-refractivity contribution is 7.11. The van der Waals surface area contributed by atoms with Gasteiger partial charge >= 0.3 is 0 Å². The van der Waals surface area contributed by atoms with Gasteiger partial charge in [0.05, 0.1) is 12.8 Å². The molecule has 0 radical (unpaired) electrons. The summed E-state index contributed by atoms with van der Waals surface area (Å²) in [5, 5.41) is 4.94. The molecule has 0 aromatic carbocycles. The summed E-state index contributed by atoms with van der Waals surface area (Å²) in [6, 6.07) is 3.59. The van der Waals surface area contributed by atoms with Crippen LogP contribution in [-0.4, -0.2) is 10.9 Å². The number of thiazole rings is 1. The van der Waals surface area contributed by atoms with E-state index in [-0.39, 0.29) is 5.91 Å². The van der Waals surface area contributed by atoms with Crippen molar-refractivity contribution in [2.75, 3.05) is 0 Å². The molecule has 0 saturated heterocycles. The SMILES string of the molecule is O=C(NCc1ccco1)c1nccs1. The summed E-state index contributed by atoms with van der Waals surface area (Å²) in [4.78, 5) is 15.3. The number of amides is 1. The lowest BCUT2D eigenvalue weighted by Crippen LogP contribution is -2.22. The summed E-state index contributed by atoms with van der Waals surface area (Å²) >= 11 is 1.31. The highest BCUT2D eigenvalue weighted by Gasteiger charge is 2.07. The molecule has 2 aromatic rings. The van der Waals surface area contributed by atoms with E-state index in [2.05, 4.69) is 10.3 Å². The van der Waals surface area contributed by atoms with Crippen LogP contribution in [0.2, 0.25) is 0 Å². The van der Waals surface area contributed by atoms with Crippen LogP contribution in [0.15, 0.2) is 34.4 Å². The summed E-state index contributed by atoms with van der Waals surface area (Å²) in [6.45, 7) is 0.394. The Hall–Kier alpha value is -1.62. The molecule has 2 aromatic heterocycles. The summed E-state index contributed by atoms with van der Waals surface area (Å²) in [5.74, 6) is 0.561. The lowest BCUT2D eigenvalue weighted by Gasteiger charge is -1.98. The second-order valence-corrected chi connectivity index (χ2v) is 3.49. The smallest absolute Gasteiger partial charge is 0.280 e. The first-order valence-electron chi connectivity index (χ1n) is 4.06. The van der Waals surface area contributed by atoms with E-state index in [0.29, 0.717) is 11.6 Å². The van der Waals surface area contributed by atoms with Gasteiger partial charge in [-0.25, -0.2) is 4.98 Å². The largest absolute Gasteiger partial charge is 0.467 e.